The summed E-state index contributed by atoms with van der Waals surface area (Å²) in [7, 11) is 0. The Morgan fingerprint density at radius 3 is 3.00 bits per heavy atom. The summed E-state index contributed by atoms with van der Waals surface area (Å²) >= 11 is 0. The second-order valence-corrected chi connectivity index (χ2v) is 6.72. The molecule has 0 aliphatic heterocycles. The number of nitrogens with one attached hydrogen (secondary N) is 2. The highest BCUT2D eigenvalue weighted by Gasteiger charge is 2.21. The highest BCUT2D eigenvalue weighted by Crippen LogP contribution is 2.27. The summed E-state index contributed by atoms with van der Waals surface area (Å²) in [5, 5.41) is 3.54. The van der Waals surface area contributed by atoms with Gasteiger partial charge in [-0.1, -0.05) is 0 Å². The van der Waals surface area contributed by atoms with E-state index in [2.05, 4.69) is 36.3 Å². The lowest BCUT2D eigenvalue weighted by molar-refractivity contribution is 0.604. The predicted molar refractivity (Wildman–Crippen MR) is 111 cm³/mol. The average Bonchev–Trinajstić information content (AvgIpc) is 3.16. The third-order valence-electron chi connectivity index (χ3n) is 4.90. The molecule has 2 N–H and O–H groups in total. The third kappa shape index (κ3) is 3.43. The quantitative estimate of drug-likeness (QED) is 0.555. The molecule has 0 saturated carbocycles. The smallest absolute Gasteiger partial charge is 0.163 e. The molecular weight excluding hydrogens is 375 g/mol. The second-order valence-electron chi connectivity index (χ2n) is 6.72. The molecule has 0 unspecified atom stereocenters. The van der Waals surface area contributed by atoms with E-state index in [1.54, 1.807) is 12.4 Å². The number of halogens is 1. The van der Waals surface area contributed by atoms with Gasteiger partial charge in [-0.05, 0) is 49.1 Å². The van der Waals surface area contributed by atoms with E-state index in [1.807, 2.05) is 18.3 Å². The van der Waals surface area contributed by atoms with Crippen LogP contribution in [0.1, 0.15) is 17.7 Å². The molecule has 0 amide bonds. The predicted octanol–water partition coefficient (Wildman–Crippen LogP) is 3.64. The van der Waals surface area contributed by atoms with Crippen LogP contribution in [0.4, 0.5) is 10.2 Å². The van der Waals surface area contributed by atoms with Crippen LogP contribution in [0.2, 0.25) is 0 Å². The van der Waals surface area contributed by atoms with Gasteiger partial charge >= 0.3 is 0 Å². The molecule has 0 aromatic carbocycles. The van der Waals surface area contributed by atoms with Crippen molar-refractivity contribution < 1.29 is 4.39 Å². The van der Waals surface area contributed by atoms with E-state index in [9.17, 15) is 4.39 Å². The van der Waals surface area contributed by atoms with Crippen LogP contribution in [0, 0.1) is 5.82 Å². The van der Waals surface area contributed by atoms with Gasteiger partial charge in [0.1, 0.15) is 11.3 Å². The van der Waals surface area contributed by atoms with Crippen molar-refractivity contribution in [1.29, 1.82) is 0 Å². The molecule has 0 radical (unpaired) electrons. The van der Waals surface area contributed by atoms with E-state index >= 15 is 0 Å². The molecule has 0 fully saturated rings. The second kappa shape index (κ2) is 7.55. The molecule has 4 heterocycles. The van der Waals surface area contributed by atoms with Gasteiger partial charge in [0.15, 0.2) is 11.6 Å². The molecule has 1 atom stereocenters. The Kier molecular flexibility index (Phi) is 4.95. The van der Waals surface area contributed by atoms with Crippen molar-refractivity contribution in [2.45, 2.75) is 25.3 Å². The zero-order chi connectivity index (χ0) is 18.2. The molecule has 4 aromatic heterocycles. The Labute approximate surface area is 168 Å². The van der Waals surface area contributed by atoms with Gasteiger partial charge in [0.2, 0.25) is 0 Å². The maximum absolute atomic E-state index is 13.6. The van der Waals surface area contributed by atoms with Crippen molar-refractivity contribution >= 4 is 30.3 Å². The molecule has 0 spiro atoms. The van der Waals surface area contributed by atoms with Crippen LogP contribution < -0.4 is 5.32 Å². The SMILES string of the molecule is Fc1cncc(-c2nc(N[C@H]3CCc4[nH]ccc4C3)c3ncccc3n2)c1.S. The van der Waals surface area contributed by atoms with Gasteiger partial charge in [-0.3, -0.25) is 9.97 Å². The minimum absolute atomic E-state index is 0. The van der Waals surface area contributed by atoms with Crippen LogP contribution in [0.15, 0.2) is 49.1 Å². The lowest BCUT2D eigenvalue weighted by Gasteiger charge is -2.24. The number of H-pyrrole nitrogens is 1. The third-order valence-corrected chi connectivity index (χ3v) is 4.90. The van der Waals surface area contributed by atoms with Crippen molar-refractivity contribution in [1.82, 2.24) is 24.9 Å². The number of hydrogen-bond acceptors (Lipinski definition) is 5. The number of aryl methyl sites for hydroxylation is 1. The van der Waals surface area contributed by atoms with E-state index in [1.165, 1.54) is 23.5 Å². The standard InChI is InChI=1S/C20H17FN6.H2S/c21-14-8-13(10-22-11-14)19-26-17-2-1-6-24-18(17)20(27-19)25-15-3-4-16-12(9-15)5-7-23-16;/h1-2,5-8,10-11,15,23H,3-4,9H2,(H,25,26,27);1H2/t15-;/m0./s1. The maximum atomic E-state index is 13.6. The first kappa shape index (κ1) is 18.4. The number of nitrogens with zero attached hydrogens (tertiary/aromatic N) is 4. The number of aromatic nitrogens is 5. The van der Waals surface area contributed by atoms with E-state index < -0.39 is 5.82 Å². The normalized spacial score (nSPS) is 15.7. The fraction of sp³-hybridized carbons (Fsp3) is 0.200. The number of anilines is 1. The summed E-state index contributed by atoms with van der Waals surface area (Å²) in [6.45, 7) is 0. The van der Waals surface area contributed by atoms with E-state index in [0.717, 1.165) is 19.3 Å². The number of hydrogen-bond donors (Lipinski definition) is 2. The van der Waals surface area contributed by atoms with Gasteiger partial charge in [-0.2, -0.15) is 13.5 Å². The molecule has 142 valence electrons. The summed E-state index contributed by atoms with van der Waals surface area (Å²) in [5.41, 5.74) is 4.61. The highest BCUT2D eigenvalue weighted by molar-refractivity contribution is 7.59. The Morgan fingerprint density at radius 1 is 1.18 bits per heavy atom. The highest BCUT2D eigenvalue weighted by atomic mass is 32.1. The lowest BCUT2D eigenvalue weighted by atomic mass is 9.93. The molecule has 0 bridgehead atoms. The van der Waals surface area contributed by atoms with E-state index in [4.69, 9.17) is 0 Å². The number of pyridine rings is 2. The largest absolute Gasteiger partial charge is 0.365 e. The first-order chi connectivity index (χ1) is 13.3. The van der Waals surface area contributed by atoms with E-state index in [-0.39, 0.29) is 19.5 Å². The van der Waals surface area contributed by atoms with Crippen molar-refractivity contribution in [2.75, 3.05) is 5.32 Å². The zero-order valence-electron chi connectivity index (χ0n) is 15.0. The minimum Gasteiger partial charge on any atom is -0.365 e. The number of fused-ring (bicyclic) bond motifs is 2. The molecule has 1 aliphatic carbocycles. The van der Waals surface area contributed by atoms with Crippen LogP contribution in [0.3, 0.4) is 0 Å². The van der Waals surface area contributed by atoms with Crippen LogP contribution >= 0.6 is 13.5 Å². The van der Waals surface area contributed by atoms with Gasteiger partial charge in [0.05, 0.1) is 11.7 Å². The summed E-state index contributed by atoms with van der Waals surface area (Å²) in [6.07, 6.45) is 9.38. The van der Waals surface area contributed by atoms with Gasteiger partial charge in [-0.25, -0.2) is 14.4 Å². The fourth-order valence-electron chi connectivity index (χ4n) is 3.59. The molecule has 28 heavy (non-hydrogen) atoms. The van der Waals surface area contributed by atoms with Crippen LogP contribution in [-0.2, 0) is 12.8 Å². The maximum Gasteiger partial charge on any atom is 0.163 e. The van der Waals surface area contributed by atoms with Crippen molar-refractivity contribution in [3.63, 3.8) is 0 Å². The summed E-state index contributed by atoms with van der Waals surface area (Å²) < 4.78 is 13.6. The van der Waals surface area contributed by atoms with Crippen LogP contribution in [0.25, 0.3) is 22.4 Å². The first-order valence-electron chi connectivity index (χ1n) is 8.91. The average molecular weight is 394 g/mol. The Balaban J connectivity index is 0.00000192. The van der Waals surface area contributed by atoms with Gasteiger partial charge in [-0.15, -0.1) is 0 Å². The number of rotatable bonds is 3. The lowest BCUT2D eigenvalue weighted by Crippen LogP contribution is -2.27. The van der Waals surface area contributed by atoms with Crippen LogP contribution in [0.5, 0.6) is 0 Å². The number of aromatic amines is 1. The van der Waals surface area contributed by atoms with Crippen molar-refractivity contribution in [3.8, 4) is 11.4 Å². The summed E-state index contributed by atoms with van der Waals surface area (Å²) in [5.74, 6) is 0.691. The van der Waals surface area contributed by atoms with Gasteiger partial charge in [0, 0.05) is 35.9 Å². The molecule has 1 aliphatic rings. The Hall–Kier alpha value is -3.00. The first-order valence-corrected chi connectivity index (χ1v) is 8.91. The van der Waals surface area contributed by atoms with Crippen molar-refractivity contribution in [3.05, 3.63) is 66.1 Å². The molecule has 5 rings (SSSR count). The molecule has 6 nitrogen and oxygen atoms in total. The zero-order valence-corrected chi connectivity index (χ0v) is 16.0. The monoisotopic (exact) mass is 394 g/mol. The molecular formula is C20H19FN6S. The summed E-state index contributed by atoms with van der Waals surface area (Å²) in [4.78, 5) is 20.9. The minimum atomic E-state index is -0.413. The van der Waals surface area contributed by atoms with Crippen molar-refractivity contribution in [2.24, 2.45) is 0 Å². The molecule has 0 saturated heterocycles. The molecule has 8 heteroatoms. The molecule has 4 aromatic rings. The topological polar surface area (TPSA) is 79.4 Å². The van der Waals surface area contributed by atoms with Crippen LogP contribution in [-0.4, -0.2) is 31.0 Å². The van der Waals surface area contributed by atoms with E-state index in [0.29, 0.717) is 28.2 Å². The summed E-state index contributed by atoms with van der Waals surface area (Å²) in [6, 6.07) is 7.49. The fourth-order valence-corrected chi connectivity index (χ4v) is 3.59. The Bertz CT molecular complexity index is 1130. The Morgan fingerprint density at radius 2 is 2.11 bits per heavy atom. The van der Waals surface area contributed by atoms with Gasteiger partial charge in [0.25, 0.3) is 0 Å². The van der Waals surface area contributed by atoms with Gasteiger partial charge < -0.3 is 10.3 Å².